The van der Waals surface area contributed by atoms with Gasteiger partial charge in [-0.25, -0.2) is 14.1 Å². The van der Waals surface area contributed by atoms with Crippen molar-refractivity contribution in [2.45, 2.75) is 228 Å². The summed E-state index contributed by atoms with van der Waals surface area (Å²) < 4.78 is 111. The zero-order valence-corrected chi connectivity index (χ0v) is 82.0. The summed E-state index contributed by atoms with van der Waals surface area (Å²) in [6.07, 6.45) is -10.1. The molecule has 3 aliphatic rings. The fourth-order valence-electron chi connectivity index (χ4n) is 17.0. The number of cyclic esters (lactones) is 1. The first-order chi connectivity index (χ1) is 65.4. The first-order valence-corrected chi connectivity index (χ1v) is 54.0. The first-order valence-electron chi connectivity index (χ1n) is 47.2. The van der Waals surface area contributed by atoms with Crippen molar-refractivity contribution in [1.29, 1.82) is 0 Å². The highest BCUT2D eigenvalue weighted by molar-refractivity contribution is 7.99. The molecule has 135 heavy (non-hydrogen) atoms. The smallest absolute Gasteiger partial charge is 0.416 e. The molecule has 21 heteroatoms. The quantitative estimate of drug-likeness (QED) is 0.0282. The Bertz CT molecular complexity index is 5610. The molecule has 1 N–H and O–H groups in total. The molecule has 12 aromatic carbocycles. The van der Waals surface area contributed by atoms with E-state index in [1.165, 1.54) is 17.0 Å². The summed E-state index contributed by atoms with van der Waals surface area (Å²) in [6.45, 7) is 23.6. The van der Waals surface area contributed by atoms with Gasteiger partial charge in [0.1, 0.15) is 67.0 Å². The van der Waals surface area contributed by atoms with E-state index in [9.17, 15) is 4.79 Å². The summed E-state index contributed by atoms with van der Waals surface area (Å²) in [6, 6.07) is 110. The van der Waals surface area contributed by atoms with E-state index in [2.05, 4.69) is 103 Å². The molecule has 0 aliphatic carbocycles. The van der Waals surface area contributed by atoms with Gasteiger partial charge in [-0.3, -0.25) is 4.79 Å². The molecule has 0 bridgehead atoms. The Labute approximate surface area is 803 Å². The number of benzene rings is 12. The third kappa shape index (κ3) is 27.3. The minimum absolute atomic E-state index is 0.00588. The average molecular weight is 1870 g/mol. The molecular weight excluding hydrogens is 1740 g/mol. The minimum atomic E-state index is -2.64. The van der Waals surface area contributed by atoms with Gasteiger partial charge < -0.3 is 66.3 Å². The fraction of sp³-hybridized carbons (Fsp3) is 0.351. The summed E-state index contributed by atoms with van der Waals surface area (Å²) >= 11 is 1.57. The molecule has 0 spiro atoms. The number of carbonyl (C=O) groups excluding carboxylic acids is 2. The number of thioether (sulfide) groups is 1. The predicted molar refractivity (Wildman–Crippen MR) is 535 cm³/mol. The van der Waals surface area contributed by atoms with Gasteiger partial charge in [0.15, 0.2) is 14.6 Å². The van der Waals surface area contributed by atoms with Crippen molar-refractivity contribution in [3.8, 4) is 16.9 Å². The zero-order chi connectivity index (χ0) is 94.2. The topological polar surface area (TPSA) is 169 Å². The van der Waals surface area contributed by atoms with Crippen LogP contribution in [0.25, 0.3) is 11.1 Å². The lowest BCUT2D eigenvalue weighted by Gasteiger charge is -2.50. The van der Waals surface area contributed by atoms with Crippen molar-refractivity contribution in [3.05, 3.63) is 401 Å². The van der Waals surface area contributed by atoms with Crippen molar-refractivity contribution in [2.75, 3.05) is 30.9 Å². The van der Waals surface area contributed by atoms with Crippen LogP contribution < -0.4 is 9.74 Å². The lowest BCUT2D eigenvalue weighted by Crippen LogP contribution is -2.66. The zero-order valence-electron chi connectivity index (χ0n) is 79.2. The van der Waals surface area contributed by atoms with Crippen LogP contribution >= 0.6 is 11.8 Å². The number of nitrogens with zero attached hydrogens (tertiary/aromatic N) is 1. The highest BCUT2D eigenvalue weighted by Gasteiger charge is 2.55. The van der Waals surface area contributed by atoms with Crippen molar-refractivity contribution >= 4 is 46.1 Å². The molecule has 0 radical (unpaired) electrons. The Morgan fingerprint density at radius 3 is 1.35 bits per heavy atom. The maximum absolute atomic E-state index is 17.1. The summed E-state index contributed by atoms with van der Waals surface area (Å²) in [5, 5.41) is 3.65. The van der Waals surface area contributed by atoms with Gasteiger partial charge in [-0.1, -0.05) is 339 Å². The van der Waals surface area contributed by atoms with Crippen molar-refractivity contribution < 1.29 is 74.9 Å². The van der Waals surface area contributed by atoms with Crippen LogP contribution in [0.2, 0.25) is 36.3 Å². The number of amides is 2. The largest absolute Gasteiger partial charge is 0.543 e. The van der Waals surface area contributed by atoms with E-state index in [1.54, 1.807) is 23.9 Å². The van der Waals surface area contributed by atoms with E-state index in [1.807, 2.05) is 285 Å². The number of anilines is 1. The van der Waals surface area contributed by atoms with E-state index in [4.69, 9.17) is 61.0 Å². The predicted octanol–water partition coefficient (Wildman–Crippen LogP) is 25.1. The Hall–Kier alpha value is -10.5. The van der Waals surface area contributed by atoms with E-state index in [0.29, 0.717) is 12.8 Å². The van der Waals surface area contributed by atoms with Crippen LogP contribution in [0.5, 0.6) is 5.75 Å². The third-order valence-electron chi connectivity index (χ3n) is 26.5. The normalized spacial score (nSPS) is 20.6. The maximum Gasteiger partial charge on any atom is 0.416 e. The fourth-order valence-corrected chi connectivity index (χ4v) is 20.5. The summed E-state index contributed by atoms with van der Waals surface area (Å²) in [4.78, 5) is 34.2. The number of nitrogens with one attached hydrogen (secondary N) is 1. The van der Waals surface area contributed by atoms with E-state index >= 15 is 9.18 Å². The SMILES string of the molecule is CC(C)(C)[Si](C)(C)Oc1cccc(-c2ccc([C@@H](Nc3ccccc3)[C@@H](CC[C@H](O[Si](C)(C)C(C)(C)C)c3ccc(F)cc3)C(=O)N3C(=O)OC[C@@H]3Cc3ccccc3)c(SC[C@@H]3OC(COCc4ccccc4)[C@@H](O[C@@H]4OC(COCc5ccccc5)[C@H](OCc5ccccc5)[C@@H](OCc5ccccc5)C4OCc4ccccc4)[C@@H](OCc4ccccc4)C3OCc3ccccc3)c2)c1. The number of hydrogen-bond donors (Lipinski definition) is 1. The maximum atomic E-state index is 17.1. The molecule has 706 valence electrons. The van der Waals surface area contributed by atoms with Gasteiger partial charge in [0.2, 0.25) is 14.2 Å². The monoisotopic (exact) mass is 1870 g/mol. The third-order valence-corrected chi connectivity index (χ3v) is 36.5. The number of ether oxygens (including phenoxy) is 11. The van der Waals surface area contributed by atoms with Gasteiger partial charge in [-0.05, 0) is 165 Å². The molecule has 3 heterocycles. The lowest BCUT2D eigenvalue weighted by atomic mass is 9.85. The molecule has 2 amide bonds. The molecule has 3 saturated heterocycles. The van der Waals surface area contributed by atoms with E-state index < -0.39 is 114 Å². The van der Waals surface area contributed by atoms with Crippen LogP contribution in [0, 0.1) is 11.7 Å². The molecule has 0 aromatic heterocycles. The molecule has 3 fully saturated rings. The van der Waals surface area contributed by atoms with Crippen LogP contribution in [0.1, 0.15) is 122 Å². The molecule has 14 atom stereocenters. The Morgan fingerprint density at radius 1 is 0.444 bits per heavy atom. The van der Waals surface area contributed by atoms with E-state index in [0.717, 1.165) is 83.1 Å². The van der Waals surface area contributed by atoms with E-state index in [-0.39, 0.29) is 94.1 Å². The number of para-hydroxylation sites is 1. The van der Waals surface area contributed by atoms with Crippen molar-refractivity contribution in [1.82, 2.24) is 4.90 Å². The standard InChI is InChI=1S/C114H129FN2O15SSi2/c1-113(2,3)134(7,8)131-95-58-38-55-90(68-95)91-61-64-96(103(116-93-56-36-19-37-57-93)97(110(118)117-94(77-127-112(117)119)67-81-39-20-11-21-40-81)65-66-98(89-59-62-92(115)63-60-89)132-135(9,10)114(4,5)6)102(69-91)133-80-101-105(123-73-85-47-28-15-29-48-85)107(124-74-86-49-30-16-31-50-86)106(100(128-101)79-121-71-83-43-24-13-25-44-83)130-111-109(126-76-88-53-34-18-35-54-88)108(125-75-87-51-32-17-33-52-87)104(122-72-84-45-26-14-27-46-84)99(129-111)78-120-70-82-41-22-12-23-42-82/h11-64,68-69,94,97-101,103-109,111,116H,65-67,70-80H2,1-10H3/t94-,97+,98-,99?,100?,101-,103+,104-,105?,106+,107-,108+,109?,111-/m0/s1. The van der Waals surface area contributed by atoms with Crippen LogP contribution in [0.4, 0.5) is 14.9 Å². The highest BCUT2D eigenvalue weighted by Crippen LogP contribution is 2.48. The van der Waals surface area contributed by atoms with Crippen LogP contribution in [-0.4, -0.2) is 126 Å². The summed E-state index contributed by atoms with van der Waals surface area (Å²) in [5.74, 6) is -0.869. The number of rotatable bonds is 44. The van der Waals surface area contributed by atoms with Gasteiger partial charge in [-0.2, -0.15) is 0 Å². The second kappa shape index (κ2) is 47.5. The number of hydrogen-bond acceptors (Lipinski definition) is 17. The first kappa shape index (κ1) is 98.9. The van der Waals surface area contributed by atoms with Crippen LogP contribution in [0.15, 0.2) is 345 Å². The summed E-state index contributed by atoms with van der Waals surface area (Å²) in [7, 11) is -5.02. The lowest BCUT2D eigenvalue weighted by molar-refractivity contribution is -0.362. The Balaban J connectivity index is 0.894. The highest BCUT2D eigenvalue weighted by atomic mass is 32.2. The Kier molecular flexibility index (Phi) is 34.8. The number of imide groups is 1. The number of carbonyl (C=O) groups is 2. The minimum Gasteiger partial charge on any atom is -0.543 e. The van der Waals surface area contributed by atoms with Gasteiger partial charge in [-0.15, -0.1) is 11.8 Å². The second-order valence-electron chi connectivity index (χ2n) is 38.3. The van der Waals surface area contributed by atoms with Gasteiger partial charge in [0, 0.05) is 16.3 Å². The number of halogens is 1. The average Bonchev–Trinajstić information content (AvgIpc) is 1.63. The molecular formula is C114H129FN2O15SSi2. The van der Waals surface area contributed by atoms with Gasteiger partial charge in [0.25, 0.3) is 0 Å². The second-order valence-corrected chi connectivity index (χ2v) is 48.9. The molecule has 0 saturated carbocycles. The van der Waals surface area contributed by atoms with Crippen LogP contribution in [-0.2, 0) is 114 Å². The van der Waals surface area contributed by atoms with Gasteiger partial charge in [0.05, 0.1) is 89.7 Å². The summed E-state index contributed by atoms with van der Waals surface area (Å²) in [5.41, 5.74) is 11.5. The molecule has 3 aliphatic heterocycles. The molecule has 15 rings (SSSR count). The van der Waals surface area contributed by atoms with Crippen molar-refractivity contribution in [3.63, 3.8) is 0 Å². The molecule has 12 aromatic rings. The van der Waals surface area contributed by atoms with Crippen molar-refractivity contribution in [2.24, 2.45) is 5.92 Å². The Morgan fingerprint density at radius 2 is 0.867 bits per heavy atom. The van der Waals surface area contributed by atoms with Crippen LogP contribution in [0.3, 0.4) is 0 Å². The molecule has 4 unspecified atom stereocenters. The molecule has 17 nitrogen and oxygen atoms in total. The van der Waals surface area contributed by atoms with Gasteiger partial charge >= 0.3 is 6.09 Å².